The minimum absolute atomic E-state index is 0.144. The highest BCUT2D eigenvalue weighted by Crippen LogP contribution is 2.30. The van der Waals surface area contributed by atoms with Crippen LogP contribution >= 0.6 is 0 Å². The van der Waals surface area contributed by atoms with Gasteiger partial charge in [-0.2, -0.15) is 0 Å². The van der Waals surface area contributed by atoms with Gasteiger partial charge in [-0.25, -0.2) is 4.39 Å². The Morgan fingerprint density at radius 2 is 2.25 bits per heavy atom. The van der Waals surface area contributed by atoms with Crippen LogP contribution in [0.3, 0.4) is 0 Å². The molecule has 0 aromatic rings. The summed E-state index contributed by atoms with van der Waals surface area (Å²) in [6.07, 6.45) is 5.04. The van der Waals surface area contributed by atoms with Crippen LogP contribution in [0.5, 0.6) is 0 Å². The van der Waals surface area contributed by atoms with E-state index in [1.54, 1.807) is 6.92 Å². The number of alkyl halides is 1. The Hall–Kier alpha value is -0.510. The second kappa shape index (κ2) is 3.94. The summed E-state index contributed by atoms with van der Waals surface area (Å²) in [5, 5.41) is 0. The van der Waals surface area contributed by atoms with Gasteiger partial charge in [-0.3, -0.25) is 0 Å². The van der Waals surface area contributed by atoms with Gasteiger partial charge in [-0.15, -0.1) is 0 Å². The molecule has 0 aromatic carbocycles. The van der Waals surface area contributed by atoms with Crippen molar-refractivity contribution in [3.8, 4) is 11.8 Å². The Morgan fingerprint density at radius 1 is 1.50 bits per heavy atom. The van der Waals surface area contributed by atoms with Crippen molar-refractivity contribution in [2.24, 2.45) is 5.92 Å². The molecule has 1 rings (SSSR count). The molecule has 0 saturated heterocycles. The maximum atomic E-state index is 13.8. The molecule has 0 nitrogen and oxygen atoms in total. The minimum atomic E-state index is -1.24. The van der Waals surface area contributed by atoms with Crippen molar-refractivity contribution < 1.29 is 4.39 Å². The lowest BCUT2D eigenvalue weighted by Crippen LogP contribution is -2.28. The third-order valence-electron chi connectivity index (χ3n) is 2.70. The smallest absolute Gasteiger partial charge is 0.170 e. The van der Waals surface area contributed by atoms with E-state index < -0.39 is 5.67 Å². The zero-order chi connectivity index (χ0) is 9.03. The van der Waals surface area contributed by atoms with Crippen molar-refractivity contribution in [1.29, 1.82) is 0 Å². The van der Waals surface area contributed by atoms with E-state index in [9.17, 15) is 4.39 Å². The van der Waals surface area contributed by atoms with Gasteiger partial charge in [0.05, 0.1) is 0 Å². The van der Waals surface area contributed by atoms with Gasteiger partial charge in [0, 0.05) is 12.3 Å². The fourth-order valence-corrected chi connectivity index (χ4v) is 1.80. The molecule has 2 atom stereocenters. The van der Waals surface area contributed by atoms with Gasteiger partial charge in [-0.1, -0.05) is 25.2 Å². The second-order valence-corrected chi connectivity index (χ2v) is 3.73. The van der Waals surface area contributed by atoms with Crippen LogP contribution in [-0.4, -0.2) is 5.67 Å². The fourth-order valence-electron chi connectivity index (χ4n) is 1.80. The average Bonchev–Trinajstić information content (AvgIpc) is 1.99. The average molecular weight is 168 g/mol. The molecule has 0 aliphatic heterocycles. The molecule has 1 heteroatoms. The molecule has 0 fully saturated rings. The lowest BCUT2D eigenvalue weighted by Gasteiger charge is -2.25. The number of hydrogen-bond donors (Lipinski definition) is 0. The van der Waals surface area contributed by atoms with Crippen LogP contribution < -0.4 is 0 Å². The highest BCUT2D eigenvalue weighted by atomic mass is 19.1. The summed E-state index contributed by atoms with van der Waals surface area (Å²) < 4.78 is 13.8. The zero-order valence-corrected chi connectivity index (χ0v) is 7.99. The summed E-state index contributed by atoms with van der Waals surface area (Å²) in [7, 11) is 0. The minimum Gasteiger partial charge on any atom is -0.230 e. The second-order valence-electron chi connectivity index (χ2n) is 3.73. The molecule has 0 spiro atoms. The first-order chi connectivity index (χ1) is 5.67. The lowest BCUT2D eigenvalue weighted by molar-refractivity contribution is 0.153. The van der Waals surface area contributed by atoms with Crippen molar-refractivity contribution in [2.45, 2.75) is 51.6 Å². The molecule has 68 valence electrons. The molecule has 0 saturated carbocycles. The molecule has 0 bridgehead atoms. The van der Waals surface area contributed by atoms with Gasteiger partial charge >= 0.3 is 0 Å². The van der Waals surface area contributed by atoms with E-state index in [0.717, 1.165) is 32.1 Å². The standard InChI is InChI=1S/C11H17F/c1-3-10-8-6-4-5-7-9-11(10,2)12/h10H,3-6,8H2,1-2H3. The molecule has 12 heavy (non-hydrogen) atoms. The van der Waals surface area contributed by atoms with Crippen molar-refractivity contribution in [3.63, 3.8) is 0 Å². The Balaban J connectivity index is 2.73. The summed E-state index contributed by atoms with van der Waals surface area (Å²) in [6.45, 7) is 3.67. The number of rotatable bonds is 1. The maximum Gasteiger partial charge on any atom is 0.170 e. The third-order valence-corrected chi connectivity index (χ3v) is 2.70. The van der Waals surface area contributed by atoms with Gasteiger partial charge in [-0.05, 0) is 26.2 Å². The van der Waals surface area contributed by atoms with E-state index in [-0.39, 0.29) is 5.92 Å². The molecule has 0 aromatic heterocycles. The summed E-state index contributed by atoms with van der Waals surface area (Å²) in [5.74, 6) is 5.81. The van der Waals surface area contributed by atoms with E-state index >= 15 is 0 Å². The zero-order valence-electron chi connectivity index (χ0n) is 7.99. The Labute approximate surface area is 74.5 Å². The van der Waals surface area contributed by atoms with E-state index in [0.29, 0.717) is 0 Å². The summed E-state index contributed by atoms with van der Waals surface area (Å²) in [4.78, 5) is 0. The molecule has 0 heterocycles. The first-order valence-electron chi connectivity index (χ1n) is 4.85. The largest absolute Gasteiger partial charge is 0.230 e. The molecule has 0 amide bonds. The Kier molecular flexibility index (Phi) is 3.14. The van der Waals surface area contributed by atoms with Crippen LogP contribution in [0.4, 0.5) is 4.39 Å². The molecule has 2 unspecified atom stereocenters. The molecule has 0 N–H and O–H groups in total. The topological polar surface area (TPSA) is 0 Å². The van der Waals surface area contributed by atoms with Gasteiger partial charge in [0.2, 0.25) is 0 Å². The Bertz CT molecular complexity index is 195. The van der Waals surface area contributed by atoms with E-state index in [1.807, 2.05) is 6.92 Å². The van der Waals surface area contributed by atoms with Crippen molar-refractivity contribution in [2.75, 3.05) is 0 Å². The molecule has 0 radical (unpaired) electrons. The third kappa shape index (κ3) is 2.24. The van der Waals surface area contributed by atoms with Crippen molar-refractivity contribution in [3.05, 3.63) is 0 Å². The van der Waals surface area contributed by atoms with Crippen LogP contribution in [0.1, 0.15) is 46.0 Å². The number of halogens is 1. The first-order valence-corrected chi connectivity index (χ1v) is 4.85. The van der Waals surface area contributed by atoms with Crippen LogP contribution in [0.15, 0.2) is 0 Å². The normalized spacial score (nSPS) is 36.1. The van der Waals surface area contributed by atoms with Crippen LogP contribution in [0.2, 0.25) is 0 Å². The van der Waals surface area contributed by atoms with Crippen molar-refractivity contribution in [1.82, 2.24) is 0 Å². The fraction of sp³-hybridized carbons (Fsp3) is 0.818. The first kappa shape index (κ1) is 9.58. The van der Waals surface area contributed by atoms with Gasteiger partial charge in [0.15, 0.2) is 5.67 Å². The molecule has 1 aliphatic carbocycles. The predicted octanol–water partition coefficient (Wildman–Crippen LogP) is 3.32. The molecular formula is C11H17F. The van der Waals surface area contributed by atoms with Crippen LogP contribution in [0, 0.1) is 17.8 Å². The van der Waals surface area contributed by atoms with E-state index in [4.69, 9.17) is 0 Å². The summed E-state index contributed by atoms with van der Waals surface area (Å²) in [5.41, 5.74) is -1.24. The van der Waals surface area contributed by atoms with Crippen LogP contribution in [0.25, 0.3) is 0 Å². The summed E-state index contributed by atoms with van der Waals surface area (Å²) >= 11 is 0. The van der Waals surface area contributed by atoms with Crippen LogP contribution in [-0.2, 0) is 0 Å². The quantitative estimate of drug-likeness (QED) is 0.527. The monoisotopic (exact) mass is 168 g/mol. The number of hydrogen-bond acceptors (Lipinski definition) is 0. The summed E-state index contributed by atoms with van der Waals surface area (Å²) in [6, 6.07) is 0. The van der Waals surface area contributed by atoms with E-state index in [2.05, 4.69) is 11.8 Å². The maximum absolute atomic E-state index is 13.8. The highest BCUT2D eigenvalue weighted by Gasteiger charge is 2.30. The predicted molar refractivity (Wildman–Crippen MR) is 49.5 cm³/mol. The van der Waals surface area contributed by atoms with Crippen molar-refractivity contribution >= 4 is 0 Å². The highest BCUT2D eigenvalue weighted by molar-refractivity contribution is 5.15. The van der Waals surface area contributed by atoms with Gasteiger partial charge in [0.1, 0.15) is 0 Å². The van der Waals surface area contributed by atoms with Gasteiger partial charge in [0.25, 0.3) is 0 Å². The van der Waals surface area contributed by atoms with Gasteiger partial charge < -0.3 is 0 Å². The lowest BCUT2D eigenvalue weighted by atomic mass is 9.83. The molecular weight excluding hydrogens is 151 g/mol. The molecule has 1 aliphatic rings. The van der Waals surface area contributed by atoms with E-state index in [1.165, 1.54) is 0 Å². The SMILES string of the molecule is CCC1CCCCC#CC1(C)F. The Morgan fingerprint density at radius 3 is 2.92 bits per heavy atom.